The van der Waals surface area contributed by atoms with E-state index in [9.17, 15) is 13.6 Å². The zero-order valence-corrected chi connectivity index (χ0v) is 13.5. The summed E-state index contributed by atoms with van der Waals surface area (Å²) in [4.78, 5) is 11.8. The maximum Gasteiger partial charge on any atom is 0.202 e. The van der Waals surface area contributed by atoms with Crippen molar-refractivity contribution in [2.45, 2.75) is 0 Å². The molecule has 0 amide bonds. The van der Waals surface area contributed by atoms with Crippen molar-refractivity contribution in [3.05, 3.63) is 48.5 Å². The summed E-state index contributed by atoms with van der Waals surface area (Å²) in [6, 6.07) is 3.59. The van der Waals surface area contributed by atoms with Crippen LogP contribution in [0.15, 0.2) is 22.7 Å². The van der Waals surface area contributed by atoms with Gasteiger partial charge in [0.05, 0.1) is 9.90 Å². The average molecular weight is 402 g/mol. The van der Waals surface area contributed by atoms with Crippen LogP contribution in [0, 0.1) is 11.6 Å². The third kappa shape index (κ3) is 3.49. The zero-order valence-electron chi connectivity index (χ0n) is 9.55. The third-order valence-corrected chi connectivity index (χ3v) is 4.22. The Morgan fingerprint density at radius 2 is 2.00 bits per heavy atom. The minimum absolute atomic E-state index is 0.192. The van der Waals surface area contributed by atoms with E-state index in [1.165, 1.54) is 12.1 Å². The van der Waals surface area contributed by atoms with Crippen molar-refractivity contribution in [1.82, 2.24) is 0 Å². The monoisotopic (exact) mass is 400 g/mol. The van der Waals surface area contributed by atoms with Crippen molar-refractivity contribution in [2.24, 2.45) is 0 Å². The van der Waals surface area contributed by atoms with Gasteiger partial charge in [-0.05, 0) is 18.2 Å². The molecule has 2 rings (SSSR count). The van der Waals surface area contributed by atoms with Crippen LogP contribution >= 0.6 is 50.5 Å². The van der Waals surface area contributed by atoms with Crippen LogP contribution in [0.5, 0.6) is 5.75 Å². The summed E-state index contributed by atoms with van der Waals surface area (Å²) < 4.78 is 32.5. The van der Waals surface area contributed by atoms with Crippen molar-refractivity contribution >= 4 is 56.3 Å². The summed E-state index contributed by atoms with van der Waals surface area (Å²) in [6.07, 6.45) is 0. The number of carbonyl (C=O) groups is 1. The highest BCUT2D eigenvalue weighted by molar-refractivity contribution is 9.10. The van der Waals surface area contributed by atoms with Crippen LogP contribution < -0.4 is 4.74 Å². The second-order valence-electron chi connectivity index (χ2n) is 3.65. The molecular formula is C12H5BrCl2F2O2S. The standard InChI is InChI=1S/C12H5BrCl2F2O2S/c13-5-1-7(16)11(17)9(2-5)19-4-8(18)6-3-10(14)20-12(6)15/h1-3H,4H2. The first-order valence-corrected chi connectivity index (χ1v) is 7.50. The second-order valence-corrected chi connectivity index (χ2v) is 6.85. The molecule has 2 aromatic rings. The van der Waals surface area contributed by atoms with Gasteiger partial charge in [-0.25, -0.2) is 4.39 Å². The van der Waals surface area contributed by atoms with Crippen LogP contribution in [0.3, 0.4) is 0 Å². The lowest BCUT2D eigenvalue weighted by Gasteiger charge is -2.07. The molecule has 0 fully saturated rings. The Bertz CT molecular complexity index is 676. The fraction of sp³-hybridized carbons (Fsp3) is 0.0833. The number of rotatable bonds is 4. The number of benzene rings is 1. The molecule has 106 valence electrons. The highest BCUT2D eigenvalue weighted by Gasteiger charge is 2.17. The second kappa shape index (κ2) is 6.39. The Balaban J connectivity index is 2.13. The van der Waals surface area contributed by atoms with Gasteiger partial charge in [-0.15, -0.1) is 11.3 Å². The molecule has 0 atom stereocenters. The molecule has 0 bridgehead atoms. The number of hydrogen-bond donors (Lipinski definition) is 0. The molecule has 8 heteroatoms. The van der Waals surface area contributed by atoms with Crippen LogP contribution in [0.25, 0.3) is 0 Å². The van der Waals surface area contributed by atoms with Crippen LogP contribution in [-0.4, -0.2) is 12.4 Å². The van der Waals surface area contributed by atoms with Gasteiger partial charge in [-0.2, -0.15) is 4.39 Å². The van der Waals surface area contributed by atoms with E-state index in [4.69, 9.17) is 27.9 Å². The lowest BCUT2D eigenvalue weighted by molar-refractivity contribution is 0.0918. The lowest BCUT2D eigenvalue weighted by atomic mass is 10.2. The largest absolute Gasteiger partial charge is 0.482 e. The van der Waals surface area contributed by atoms with E-state index in [0.717, 1.165) is 17.4 Å². The maximum absolute atomic E-state index is 13.4. The Morgan fingerprint density at radius 1 is 1.30 bits per heavy atom. The highest BCUT2D eigenvalue weighted by Crippen LogP contribution is 2.32. The Hall–Kier alpha value is -0.690. The molecule has 1 aromatic heterocycles. The fourth-order valence-corrected chi connectivity index (χ4v) is 3.30. The Labute approximate surface area is 135 Å². The van der Waals surface area contributed by atoms with Crippen molar-refractivity contribution in [2.75, 3.05) is 6.61 Å². The summed E-state index contributed by atoms with van der Waals surface area (Å²) in [6.45, 7) is -0.473. The molecule has 0 spiro atoms. The van der Waals surface area contributed by atoms with Crippen LogP contribution in [-0.2, 0) is 0 Å². The molecule has 0 saturated carbocycles. The molecule has 0 aliphatic carbocycles. The van der Waals surface area contributed by atoms with Crippen molar-refractivity contribution in [1.29, 1.82) is 0 Å². The van der Waals surface area contributed by atoms with E-state index >= 15 is 0 Å². The van der Waals surface area contributed by atoms with Crippen LogP contribution in [0.4, 0.5) is 8.78 Å². The topological polar surface area (TPSA) is 26.3 Å². The summed E-state index contributed by atoms with van der Waals surface area (Å²) in [5.74, 6) is -3.06. The molecule has 0 N–H and O–H groups in total. The number of Topliss-reactive ketones (excluding diaryl/α,β-unsaturated/α-hetero) is 1. The fourth-order valence-electron chi connectivity index (χ4n) is 1.39. The maximum atomic E-state index is 13.4. The van der Waals surface area contributed by atoms with E-state index in [-0.39, 0.29) is 15.6 Å². The molecule has 0 radical (unpaired) electrons. The Morgan fingerprint density at radius 3 is 2.60 bits per heavy atom. The normalized spacial score (nSPS) is 10.7. The molecule has 0 saturated heterocycles. The average Bonchev–Trinajstić information content (AvgIpc) is 2.71. The van der Waals surface area contributed by atoms with E-state index in [2.05, 4.69) is 15.9 Å². The highest BCUT2D eigenvalue weighted by atomic mass is 79.9. The Kier molecular flexibility index (Phi) is 5.01. The lowest BCUT2D eigenvalue weighted by Crippen LogP contribution is -2.12. The number of hydrogen-bond acceptors (Lipinski definition) is 3. The number of ether oxygens (including phenoxy) is 1. The van der Waals surface area contributed by atoms with Gasteiger partial charge in [0.1, 0.15) is 4.34 Å². The van der Waals surface area contributed by atoms with Crippen molar-refractivity contribution in [3.8, 4) is 5.75 Å². The number of ketones is 1. The van der Waals surface area contributed by atoms with Crippen molar-refractivity contribution < 1.29 is 18.3 Å². The van der Waals surface area contributed by atoms with Gasteiger partial charge in [0.15, 0.2) is 18.2 Å². The molecule has 20 heavy (non-hydrogen) atoms. The van der Waals surface area contributed by atoms with Crippen molar-refractivity contribution in [3.63, 3.8) is 0 Å². The SMILES string of the molecule is O=C(COc1cc(Br)cc(F)c1F)c1cc(Cl)sc1Cl. The van der Waals surface area contributed by atoms with Gasteiger partial charge in [0.2, 0.25) is 11.6 Å². The molecule has 1 aromatic carbocycles. The van der Waals surface area contributed by atoms with Gasteiger partial charge in [-0.1, -0.05) is 39.1 Å². The molecule has 1 heterocycles. The summed E-state index contributed by atoms with van der Waals surface area (Å²) >= 11 is 15.6. The predicted octanol–water partition coefficient (Wildman–Crippen LogP) is 5.36. The molecule has 0 aliphatic heterocycles. The summed E-state index contributed by atoms with van der Waals surface area (Å²) in [5.41, 5.74) is 0.192. The first kappa shape index (κ1) is 15.7. The molecule has 0 unspecified atom stereocenters. The van der Waals surface area contributed by atoms with Crippen LogP contribution in [0.1, 0.15) is 10.4 Å². The molecular weight excluding hydrogens is 397 g/mol. The summed E-state index contributed by atoms with van der Waals surface area (Å²) in [5, 5.41) is 0. The van der Waals surface area contributed by atoms with Gasteiger partial charge < -0.3 is 4.74 Å². The van der Waals surface area contributed by atoms with E-state index in [1.54, 1.807) is 0 Å². The van der Waals surface area contributed by atoms with E-state index < -0.39 is 24.0 Å². The zero-order chi connectivity index (χ0) is 14.9. The van der Waals surface area contributed by atoms with Gasteiger partial charge in [0, 0.05) is 4.47 Å². The van der Waals surface area contributed by atoms with Crippen LogP contribution in [0.2, 0.25) is 8.67 Å². The minimum atomic E-state index is -1.16. The van der Waals surface area contributed by atoms with Gasteiger partial charge in [-0.3, -0.25) is 4.79 Å². The quantitative estimate of drug-likeness (QED) is 0.509. The van der Waals surface area contributed by atoms with Gasteiger partial charge in [0.25, 0.3) is 0 Å². The molecule has 0 aliphatic rings. The van der Waals surface area contributed by atoms with E-state index in [0.29, 0.717) is 8.81 Å². The van der Waals surface area contributed by atoms with E-state index in [1.807, 2.05) is 0 Å². The first-order valence-electron chi connectivity index (χ1n) is 5.14. The molecule has 2 nitrogen and oxygen atoms in total. The predicted molar refractivity (Wildman–Crippen MR) is 78.2 cm³/mol. The number of carbonyl (C=O) groups excluding carboxylic acids is 1. The van der Waals surface area contributed by atoms with Gasteiger partial charge >= 0.3 is 0 Å². The number of halogens is 5. The smallest absolute Gasteiger partial charge is 0.202 e. The number of thiophene rings is 1. The minimum Gasteiger partial charge on any atom is -0.482 e. The first-order chi connectivity index (χ1) is 9.38. The summed E-state index contributed by atoms with van der Waals surface area (Å²) in [7, 11) is 0. The third-order valence-electron chi connectivity index (χ3n) is 2.28.